The topological polar surface area (TPSA) is 51.0 Å². The van der Waals surface area contributed by atoms with E-state index in [4.69, 9.17) is 33.7 Å². The fourth-order valence-electron chi connectivity index (χ4n) is 3.25. The molecule has 0 unspecified atom stereocenters. The summed E-state index contributed by atoms with van der Waals surface area (Å²) in [5.74, 6) is 0.830. The molecule has 2 aromatic carbocycles. The van der Waals surface area contributed by atoms with Gasteiger partial charge in [0.1, 0.15) is 5.75 Å². The molecule has 1 heterocycles. The van der Waals surface area contributed by atoms with Gasteiger partial charge in [-0.15, -0.1) is 11.8 Å². The second-order valence-electron chi connectivity index (χ2n) is 6.10. The molecule has 3 aromatic rings. The molecule has 6 heteroatoms. The van der Waals surface area contributed by atoms with Crippen molar-refractivity contribution in [3.8, 4) is 17.0 Å². The SMILES string of the molecule is COc1ccc(SC)cc1-c1[nH]c2cc(Cl)cc(Cl)c2c1CCCCN. The summed E-state index contributed by atoms with van der Waals surface area (Å²) < 4.78 is 5.62. The highest BCUT2D eigenvalue weighted by Crippen LogP contribution is 2.41. The van der Waals surface area contributed by atoms with E-state index in [1.54, 1.807) is 24.9 Å². The molecular formula is C20H22Cl2N2OS. The first-order valence-electron chi connectivity index (χ1n) is 8.51. The second kappa shape index (κ2) is 8.57. The Hall–Kier alpha value is -1.33. The molecule has 0 saturated heterocycles. The van der Waals surface area contributed by atoms with Gasteiger partial charge in [-0.2, -0.15) is 0 Å². The molecule has 138 valence electrons. The van der Waals surface area contributed by atoms with Crippen LogP contribution in [-0.2, 0) is 6.42 Å². The van der Waals surface area contributed by atoms with E-state index >= 15 is 0 Å². The van der Waals surface area contributed by atoms with Crippen LogP contribution in [0.2, 0.25) is 10.0 Å². The Balaban J connectivity index is 2.24. The van der Waals surface area contributed by atoms with Crippen LogP contribution in [0.3, 0.4) is 0 Å². The Labute approximate surface area is 168 Å². The summed E-state index contributed by atoms with van der Waals surface area (Å²) in [6.07, 6.45) is 4.93. The van der Waals surface area contributed by atoms with E-state index in [-0.39, 0.29) is 0 Å². The number of H-pyrrole nitrogens is 1. The minimum Gasteiger partial charge on any atom is -0.496 e. The molecule has 0 spiro atoms. The lowest BCUT2D eigenvalue weighted by atomic mass is 9.99. The highest BCUT2D eigenvalue weighted by Gasteiger charge is 2.19. The highest BCUT2D eigenvalue weighted by molar-refractivity contribution is 7.98. The minimum atomic E-state index is 0.619. The van der Waals surface area contributed by atoms with Gasteiger partial charge in [-0.25, -0.2) is 0 Å². The number of methoxy groups -OCH3 is 1. The number of rotatable bonds is 7. The minimum absolute atomic E-state index is 0.619. The summed E-state index contributed by atoms with van der Waals surface area (Å²) in [4.78, 5) is 4.70. The van der Waals surface area contributed by atoms with E-state index in [0.717, 1.165) is 47.2 Å². The van der Waals surface area contributed by atoms with Crippen molar-refractivity contribution < 1.29 is 4.74 Å². The largest absolute Gasteiger partial charge is 0.496 e. The van der Waals surface area contributed by atoms with E-state index in [1.807, 2.05) is 12.1 Å². The van der Waals surface area contributed by atoms with Crippen molar-refractivity contribution >= 4 is 45.9 Å². The fraction of sp³-hybridized carbons (Fsp3) is 0.300. The average molecular weight is 409 g/mol. The molecule has 26 heavy (non-hydrogen) atoms. The van der Waals surface area contributed by atoms with Crippen LogP contribution in [0.4, 0.5) is 0 Å². The van der Waals surface area contributed by atoms with Gasteiger partial charge in [-0.1, -0.05) is 23.2 Å². The van der Waals surface area contributed by atoms with Crippen molar-refractivity contribution in [3.63, 3.8) is 0 Å². The number of fused-ring (bicyclic) bond motifs is 1. The normalized spacial score (nSPS) is 11.3. The molecule has 0 aliphatic rings. The lowest BCUT2D eigenvalue weighted by Crippen LogP contribution is -1.99. The summed E-state index contributed by atoms with van der Waals surface area (Å²) in [6, 6.07) is 9.93. The van der Waals surface area contributed by atoms with Gasteiger partial charge in [-0.3, -0.25) is 0 Å². The number of hydrogen-bond donors (Lipinski definition) is 2. The van der Waals surface area contributed by atoms with Crippen molar-refractivity contribution in [2.45, 2.75) is 24.2 Å². The summed E-state index contributed by atoms with van der Waals surface area (Å²) in [5.41, 5.74) is 9.89. The predicted molar refractivity (Wildman–Crippen MR) is 114 cm³/mol. The van der Waals surface area contributed by atoms with Crippen LogP contribution >= 0.6 is 35.0 Å². The lowest BCUT2D eigenvalue weighted by molar-refractivity contribution is 0.416. The maximum absolute atomic E-state index is 6.55. The van der Waals surface area contributed by atoms with E-state index in [2.05, 4.69) is 23.4 Å². The Bertz CT molecular complexity index is 924. The third-order valence-corrected chi connectivity index (χ3v) is 5.72. The van der Waals surface area contributed by atoms with Crippen molar-refractivity contribution in [2.75, 3.05) is 19.9 Å². The van der Waals surface area contributed by atoms with Crippen molar-refractivity contribution in [1.82, 2.24) is 4.98 Å². The van der Waals surface area contributed by atoms with E-state index in [9.17, 15) is 0 Å². The average Bonchev–Trinajstić information content (AvgIpc) is 2.99. The van der Waals surface area contributed by atoms with E-state index in [0.29, 0.717) is 16.6 Å². The van der Waals surface area contributed by atoms with Crippen LogP contribution in [0.1, 0.15) is 18.4 Å². The van der Waals surface area contributed by atoms with Crippen LogP contribution in [0.15, 0.2) is 35.2 Å². The number of nitrogens with two attached hydrogens (primary N) is 1. The lowest BCUT2D eigenvalue weighted by Gasteiger charge is -2.11. The molecule has 0 amide bonds. The quantitative estimate of drug-likeness (QED) is 0.363. The maximum atomic E-state index is 6.55. The first kappa shape index (κ1) is 19.4. The molecule has 3 N–H and O–H groups in total. The first-order valence-corrected chi connectivity index (χ1v) is 10.5. The molecule has 3 nitrogen and oxygen atoms in total. The number of nitrogens with one attached hydrogen (secondary N) is 1. The van der Waals surface area contributed by atoms with Crippen molar-refractivity contribution in [1.29, 1.82) is 0 Å². The number of aromatic nitrogens is 1. The van der Waals surface area contributed by atoms with Crippen LogP contribution < -0.4 is 10.5 Å². The van der Waals surface area contributed by atoms with Crippen LogP contribution in [-0.4, -0.2) is 24.9 Å². The Kier molecular flexibility index (Phi) is 6.41. The second-order valence-corrected chi connectivity index (χ2v) is 7.82. The van der Waals surface area contributed by atoms with Gasteiger partial charge in [0.05, 0.1) is 17.8 Å². The smallest absolute Gasteiger partial charge is 0.128 e. The fourth-order valence-corrected chi connectivity index (χ4v) is 4.30. The summed E-state index contributed by atoms with van der Waals surface area (Å²) in [7, 11) is 1.69. The Morgan fingerprint density at radius 2 is 1.96 bits per heavy atom. The Morgan fingerprint density at radius 3 is 2.65 bits per heavy atom. The number of benzene rings is 2. The Morgan fingerprint density at radius 1 is 1.15 bits per heavy atom. The van der Waals surface area contributed by atoms with Gasteiger partial charge in [-0.05, 0) is 68.0 Å². The van der Waals surface area contributed by atoms with Gasteiger partial charge in [0.25, 0.3) is 0 Å². The number of hydrogen-bond acceptors (Lipinski definition) is 3. The standard InChI is InChI=1S/C20H22Cl2N2OS/c1-25-18-7-6-13(26-2)11-15(18)20-14(5-3-4-8-23)19-16(22)9-12(21)10-17(19)24-20/h6-7,9-11,24H,3-5,8,23H2,1-2H3. The van der Waals surface area contributed by atoms with Crippen LogP contribution in [0, 0.1) is 0 Å². The molecule has 0 aliphatic heterocycles. The molecule has 3 rings (SSSR count). The van der Waals surface area contributed by atoms with Crippen LogP contribution in [0.25, 0.3) is 22.2 Å². The van der Waals surface area contributed by atoms with Gasteiger partial charge < -0.3 is 15.5 Å². The third kappa shape index (κ3) is 3.84. The number of ether oxygens (including phenoxy) is 1. The van der Waals surface area contributed by atoms with E-state index in [1.165, 1.54) is 10.5 Å². The zero-order chi connectivity index (χ0) is 18.7. The van der Waals surface area contributed by atoms with Crippen molar-refractivity contribution in [3.05, 3.63) is 45.9 Å². The molecule has 0 fully saturated rings. The number of aryl methyl sites for hydroxylation is 1. The number of unbranched alkanes of at least 4 members (excludes halogenated alkanes) is 1. The molecule has 0 saturated carbocycles. The van der Waals surface area contributed by atoms with Crippen LogP contribution in [0.5, 0.6) is 5.75 Å². The third-order valence-electron chi connectivity index (χ3n) is 4.48. The highest BCUT2D eigenvalue weighted by atomic mass is 35.5. The molecular weight excluding hydrogens is 387 g/mol. The van der Waals surface area contributed by atoms with Gasteiger partial charge in [0, 0.05) is 26.4 Å². The molecule has 0 bridgehead atoms. The molecule has 0 atom stereocenters. The monoisotopic (exact) mass is 408 g/mol. The molecule has 0 aliphatic carbocycles. The summed E-state index contributed by atoms with van der Waals surface area (Å²) in [6.45, 7) is 0.683. The zero-order valence-electron chi connectivity index (χ0n) is 14.9. The van der Waals surface area contributed by atoms with E-state index < -0.39 is 0 Å². The molecule has 0 radical (unpaired) electrons. The van der Waals surface area contributed by atoms with Crippen molar-refractivity contribution in [2.24, 2.45) is 5.73 Å². The van der Waals surface area contributed by atoms with Gasteiger partial charge in [0.15, 0.2) is 0 Å². The molecule has 1 aromatic heterocycles. The number of halogens is 2. The summed E-state index contributed by atoms with van der Waals surface area (Å²) in [5, 5.41) is 2.31. The van der Waals surface area contributed by atoms with Gasteiger partial charge >= 0.3 is 0 Å². The zero-order valence-corrected chi connectivity index (χ0v) is 17.2. The predicted octanol–water partition coefficient (Wildman–Crippen LogP) is 6.15. The van der Waals surface area contributed by atoms with Gasteiger partial charge in [0.2, 0.25) is 0 Å². The first-order chi connectivity index (χ1) is 12.6. The number of thioether (sulfide) groups is 1. The summed E-state index contributed by atoms with van der Waals surface area (Å²) >= 11 is 14.5. The maximum Gasteiger partial charge on any atom is 0.128 e. The number of aromatic amines is 1.